The maximum atomic E-state index is 12.8. The Balaban J connectivity index is 1.50. The molecule has 3 heteroatoms. The maximum absolute atomic E-state index is 12.8. The maximum Gasteiger partial charge on any atom is 0.227 e. The third kappa shape index (κ3) is 2.91. The summed E-state index contributed by atoms with van der Waals surface area (Å²) in [7, 11) is 2.10. The Morgan fingerprint density at radius 3 is 2.75 bits per heavy atom. The number of amides is 1. The van der Waals surface area contributed by atoms with E-state index in [0.29, 0.717) is 13.0 Å². The zero-order chi connectivity index (χ0) is 16.5. The van der Waals surface area contributed by atoms with Gasteiger partial charge >= 0.3 is 0 Å². The van der Waals surface area contributed by atoms with Crippen LogP contribution in [0.2, 0.25) is 0 Å². The third-order valence-corrected chi connectivity index (χ3v) is 5.34. The van der Waals surface area contributed by atoms with Gasteiger partial charge in [-0.2, -0.15) is 0 Å². The Morgan fingerprint density at radius 1 is 1.00 bits per heavy atom. The first-order valence-electron chi connectivity index (χ1n) is 8.88. The summed E-state index contributed by atoms with van der Waals surface area (Å²) in [4.78, 5) is 17.1. The number of carbonyl (C=O) groups excluding carboxylic acids is 1. The number of aryl methyl sites for hydroxylation is 2. The zero-order valence-electron chi connectivity index (χ0n) is 14.3. The summed E-state index contributed by atoms with van der Waals surface area (Å²) in [6.07, 6.45) is 4.12. The summed E-state index contributed by atoms with van der Waals surface area (Å²) in [5.41, 5.74) is 6.55. The second-order valence-electron chi connectivity index (χ2n) is 7.00. The normalized spacial score (nSPS) is 16.5. The van der Waals surface area contributed by atoms with Crippen LogP contribution in [0.3, 0.4) is 0 Å². The summed E-state index contributed by atoms with van der Waals surface area (Å²) in [5, 5.41) is 0. The van der Waals surface area contributed by atoms with E-state index >= 15 is 0 Å². The average molecular weight is 320 g/mol. The molecule has 0 N–H and O–H groups in total. The van der Waals surface area contributed by atoms with E-state index in [4.69, 9.17) is 0 Å². The van der Waals surface area contributed by atoms with Crippen LogP contribution < -0.4 is 4.90 Å². The number of hydrogen-bond acceptors (Lipinski definition) is 2. The number of carbonyl (C=O) groups is 1. The van der Waals surface area contributed by atoms with Gasteiger partial charge in [-0.15, -0.1) is 0 Å². The number of likely N-dealkylation sites (N-methyl/N-ethyl adjacent to an activating group) is 1. The van der Waals surface area contributed by atoms with Crippen molar-refractivity contribution in [3.8, 4) is 0 Å². The van der Waals surface area contributed by atoms with E-state index in [1.165, 1.54) is 41.6 Å². The Hall–Kier alpha value is -2.29. The van der Waals surface area contributed by atoms with Crippen molar-refractivity contribution in [1.29, 1.82) is 0 Å². The lowest BCUT2D eigenvalue weighted by molar-refractivity contribution is -0.130. The number of benzene rings is 2. The van der Waals surface area contributed by atoms with Crippen LogP contribution in [-0.4, -0.2) is 30.9 Å². The minimum absolute atomic E-state index is 0.234. The molecule has 1 aliphatic heterocycles. The fourth-order valence-electron chi connectivity index (χ4n) is 3.93. The highest BCUT2D eigenvalue weighted by Gasteiger charge is 2.21. The molecule has 1 heterocycles. The van der Waals surface area contributed by atoms with Crippen molar-refractivity contribution in [3.05, 3.63) is 64.7 Å². The van der Waals surface area contributed by atoms with Crippen LogP contribution in [0.1, 0.15) is 28.7 Å². The molecule has 124 valence electrons. The highest BCUT2D eigenvalue weighted by molar-refractivity contribution is 5.79. The van der Waals surface area contributed by atoms with Gasteiger partial charge in [-0.3, -0.25) is 4.79 Å². The van der Waals surface area contributed by atoms with Crippen molar-refractivity contribution in [2.45, 2.75) is 32.2 Å². The van der Waals surface area contributed by atoms with Crippen LogP contribution in [0.25, 0.3) is 0 Å². The smallest absolute Gasteiger partial charge is 0.227 e. The lowest BCUT2D eigenvalue weighted by Crippen LogP contribution is -2.35. The van der Waals surface area contributed by atoms with Crippen molar-refractivity contribution in [2.24, 2.45) is 0 Å². The molecule has 1 amide bonds. The number of nitrogens with zero attached hydrogens (tertiary/aromatic N) is 2. The van der Waals surface area contributed by atoms with Crippen LogP contribution in [0.4, 0.5) is 5.69 Å². The second kappa shape index (κ2) is 6.31. The van der Waals surface area contributed by atoms with E-state index in [2.05, 4.69) is 54.4 Å². The Bertz CT molecular complexity index is 768. The van der Waals surface area contributed by atoms with Gasteiger partial charge in [-0.05, 0) is 47.6 Å². The van der Waals surface area contributed by atoms with Crippen molar-refractivity contribution in [2.75, 3.05) is 25.0 Å². The van der Waals surface area contributed by atoms with Crippen molar-refractivity contribution in [1.82, 2.24) is 4.90 Å². The van der Waals surface area contributed by atoms with Gasteiger partial charge in [0.2, 0.25) is 5.91 Å². The van der Waals surface area contributed by atoms with E-state index in [-0.39, 0.29) is 5.91 Å². The molecule has 0 atom stereocenters. The molecule has 0 aromatic heterocycles. The molecule has 3 nitrogen and oxygen atoms in total. The second-order valence-corrected chi connectivity index (χ2v) is 7.00. The molecule has 0 saturated heterocycles. The lowest BCUT2D eigenvalue weighted by Gasteiger charge is -2.21. The molecular weight excluding hydrogens is 296 g/mol. The molecular formula is C21H24N2O. The summed E-state index contributed by atoms with van der Waals surface area (Å²) in [6, 6.07) is 15.0. The largest absolute Gasteiger partial charge is 0.373 e. The summed E-state index contributed by atoms with van der Waals surface area (Å²) in [5.74, 6) is 0.234. The average Bonchev–Trinajstić information content (AvgIpc) is 2.99. The van der Waals surface area contributed by atoms with Gasteiger partial charge in [-0.1, -0.05) is 36.4 Å². The van der Waals surface area contributed by atoms with Gasteiger partial charge in [0.15, 0.2) is 0 Å². The molecule has 4 rings (SSSR count). The van der Waals surface area contributed by atoms with Crippen LogP contribution in [0.5, 0.6) is 0 Å². The van der Waals surface area contributed by atoms with Crippen molar-refractivity contribution >= 4 is 11.6 Å². The number of anilines is 1. The molecule has 2 aromatic rings. The predicted octanol–water partition coefficient (Wildman–Crippen LogP) is 3.20. The van der Waals surface area contributed by atoms with Crippen LogP contribution in [-0.2, 0) is 30.6 Å². The van der Waals surface area contributed by atoms with Gasteiger partial charge in [0, 0.05) is 32.4 Å². The van der Waals surface area contributed by atoms with Crippen molar-refractivity contribution in [3.63, 3.8) is 0 Å². The highest BCUT2D eigenvalue weighted by atomic mass is 16.2. The zero-order valence-corrected chi connectivity index (χ0v) is 14.3. The minimum Gasteiger partial charge on any atom is -0.373 e. The molecule has 24 heavy (non-hydrogen) atoms. The van der Waals surface area contributed by atoms with E-state index < -0.39 is 0 Å². The van der Waals surface area contributed by atoms with Gasteiger partial charge in [0.25, 0.3) is 0 Å². The molecule has 0 radical (unpaired) electrons. The first kappa shape index (κ1) is 15.3. The van der Waals surface area contributed by atoms with E-state index in [9.17, 15) is 4.79 Å². The Morgan fingerprint density at radius 2 is 1.83 bits per heavy atom. The standard InChI is InChI=1S/C21H24N2O/c1-22-11-12-23(15-19-5-2-3-8-20(19)22)21(24)14-16-9-10-17-6-4-7-18(17)13-16/h2-3,5,8-10,13H,4,6-7,11-12,14-15H2,1H3. The van der Waals surface area contributed by atoms with Crippen molar-refractivity contribution < 1.29 is 4.79 Å². The lowest BCUT2D eigenvalue weighted by atomic mass is 10.0. The highest BCUT2D eigenvalue weighted by Crippen LogP contribution is 2.25. The van der Waals surface area contributed by atoms with Gasteiger partial charge < -0.3 is 9.80 Å². The molecule has 0 unspecified atom stereocenters. The number of hydrogen-bond donors (Lipinski definition) is 0. The fraction of sp³-hybridized carbons (Fsp3) is 0.381. The monoisotopic (exact) mass is 320 g/mol. The van der Waals surface area contributed by atoms with Crippen LogP contribution >= 0.6 is 0 Å². The number of para-hydroxylation sites is 1. The van der Waals surface area contributed by atoms with E-state index in [1.807, 2.05) is 4.90 Å². The molecule has 2 aliphatic rings. The third-order valence-electron chi connectivity index (χ3n) is 5.34. The molecule has 0 saturated carbocycles. The number of rotatable bonds is 2. The predicted molar refractivity (Wildman–Crippen MR) is 97.3 cm³/mol. The Labute approximate surface area is 143 Å². The molecule has 0 fully saturated rings. The summed E-state index contributed by atoms with van der Waals surface area (Å²) in [6.45, 7) is 2.38. The molecule has 2 aromatic carbocycles. The van der Waals surface area contributed by atoms with Crippen LogP contribution in [0.15, 0.2) is 42.5 Å². The summed E-state index contributed by atoms with van der Waals surface area (Å²) < 4.78 is 0. The first-order valence-corrected chi connectivity index (χ1v) is 8.88. The SMILES string of the molecule is CN1CCN(C(=O)Cc2ccc3c(c2)CCC3)Cc2ccccc21. The number of fused-ring (bicyclic) bond motifs is 2. The molecule has 0 bridgehead atoms. The van der Waals surface area contributed by atoms with E-state index in [1.54, 1.807) is 0 Å². The van der Waals surface area contributed by atoms with Crippen LogP contribution in [0, 0.1) is 0 Å². The van der Waals surface area contributed by atoms with Gasteiger partial charge in [0.05, 0.1) is 6.42 Å². The topological polar surface area (TPSA) is 23.6 Å². The minimum atomic E-state index is 0.234. The van der Waals surface area contributed by atoms with E-state index in [0.717, 1.165) is 18.7 Å². The fourth-order valence-corrected chi connectivity index (χ4v) is 3.93. The molecule has 0 spiro atoms. The molecule has 1 aliphatic carbocycles. The summed E-state index contributed by atoms with van der Waals surface area (Å²) >= 11 is 0. The first-order chi connectivity index (χ1) is 11.7. The van der Waals surface area contributed by atoms with Gasteiger partial charge in [0.1, 0.15) is 0 Å². The quantitative estimate of drug-likeness (QED) is 0.848. The van der Waals surface area contributed by atoms with Gasteiger partial charge in [-0.25, -0.2) is 0 Å². The Kier molecular flexibility index (Phi) is 4.01.